The molecule has 0 aliphatic heterocycles. The first-order valence-electron chi connectivity index (χ1n) is 13.5. The van der Waals surface area contributed by atoms with Gasteiger partial charge in [0.1, 0.15) is 0 Å². The van der Waals surface area contributed by atoms with E-state index in [0.29, 0.717) is 4.90 Å². The molecule has 0 saturated heterocycles. The van der Waals surface area contributed by atoms with E-state index in [1.54, 1.807) is 5.30 Å². The summed E-state index contributed by atoms with van der Waals surface area (Å²) < 4.78 is 24.0. The predicted octanol–water partition coefficient (Wildman–Crippen LogP) is 5.62. The fraction of sp³-hybridized carbons (Fsp3) is 0.600. The third kappa shape index (κ3) is 6.90. The van der Waals surface area contributed by atoms with Gasteiger partial charge in [-0.25, -0.2) is 0 Å². The average molecular weight is 521 g/mol. The van der Waals surface area contributed by atoms with Gasteiger partial charge < -0.3 is 4.55 Å². The van der Waals surface area contributed by atoms with Crippen molar-refractivity contribution in [1.29, 1.82) is 0 Å². The molecule has 2 fully saturated rings. The SMILES string of the molecule is CC(C)c1cc(S(=O)[O-])cc(C(C)C)c1-c1ccccc1P(C1CCCCC1)C1CCCCC1.[Na+]. The van der Waals surface area contributed by atoms with Crippen molar-refractivity contribution >= 4 is 24.3 Å². The van der Waals surface area contributed by atoms with E-state index >= 15 is 0 Å². The molecule has 0 spiro atoms. The van der Waals surface area contributed by atoms with Crippen LogP contribution < -0.4 is 34.9 Å². The van der Waals surface area contributed by atoms with Gasteiger partial charge in [0, 0.05) is 4.90 Å². The Morgan fingerprint density at radius 1 is 0.800 bits per heavy atom. The van der Waals surface area contributed by atoms with E-state index in [9.17, 15) is 8.76 Å². The zero-order valence-corrected chi connectivity index (χ0v) is 26.2. The van der Waals surface area contributed by atoms with E-state index in [-0.39, 0.29) is 49.3 Å². The van der Waals surface area contributed by atoms with Crippen LogP contribution >= 0.6 is 7.92 Å². The van der Waals surface area contributed by atoms with Crippen molar-refractivity contribution in [2.24, 2.45) is 0 Å². The number of benzene rings is 2. The van der Waals surface area contributed by atoms with Gasteiger partial charge in [-0.05, 0) is 99.6 Å². The fourth-order valence-corrected chi connectivity index (χ4v) is 10.7. The van der Waals surface area contributed by atoms with Gasteiger partial charge in [0.05, 0.1) is 0 Å². The van der Waals surface area contributed by atoms with Crippen LogP contribution in [0.15, 0.2) is 41.3 Å². The Labute approximate surface area is 239 Å². The molecule has 2 aromatic rings. The van der Waals surface area contributed by atoms with Crippen LogP contribution in [0.1, 0.15) is 115 Å². The molecule has 0 bridgehead atoms. The second-order valence-corrected chi connectivity index (χ2v) is 14.7. The van der Waals surface area contributed by atoms with Gasteiger partial charge in [-0.15, -0.1) is 0 Å². The van der Waals surface area contributed by atoms with Crippen LogP contribution in [0.4, 0.5) is 0 Å². The molecular weight excluding hydrogens is 478 g/mol. The Hall–Kier alpha value is -0.0200. The van der Waals surface area contributed by atoms with Crippen molar-refractivity contribution in [2.45, 2.75) is 120 Å². The molecule has 0 amide bonds. The van der Waals surface area contributed by atoms with Gasteiger partial charge in [0.15, 0.2) is 0 Å². The van der Waals surface area contributed by atoms with E-state index in [1.807, 2.05) is 12.1 Å². The maximum Gasteiger partial charge on any atom is 1.00 e. The molecule has 0 aromatic heterocycles. The Morgan fingerprint density at radius 3 is 1.69 bits per heavy atom. The van der Waals surface area contributed by atoms with E-state index in [0.717, 1.165) is 11.3 Å². The second kappa shape index (κ2) is 13.7. The monoisotopic (exact) mass is 520 g/mol. The quantitative estimate of drug-likeness (QED) is 0.270. The van der Waals surface area contributed by atoms with Crippen LogP contribution in [0, 0.1) is 0 Å². The molecule has 1 atom stereocenters. The molecule has 1 unspecified atom stereocenters. The van der Waals surface area contributed by atoms with Crippen molar-refractivity contribution in [3.8, 4) is 11.1 Å². The molecule has 186 valence electrons. The molecule has 0 N–H and O–H groups in total. The Bertz CT molecular complexity index is 947. The zero-order valence-electron chi connectivity index (χ0n) is 22.5. The van der Waals surface area contributed by atoms with Gasteiger partial charge in [0.25, 0.3) is 0 Å². The van der Waals surface area contributed by atoms with Gasteiger partial charge in [-0.1, -0.05) is 98.4 Å². The molecule has 4 rings (SSSR count). The molecule has 2 saturated carbocycles. The third-order valence-electron chi connectivity index (χ3n) is 8.00. The van der Waals surface area contributed by atoms with E-state index in [4.69, 9.17) is 0 Å². The summed E-state index contributed by atoms with van der Waals surface area (Å²) in [4.78, 5) is 0.426. The van der Waals surface area contributed by atoms with Crippen LogP contribution in [-0.2, 0) is 11.1 Å². The molecule has 2 nitrogen and oxygen atoms in total. The van der Waals surface area contributed by atoms with Crippen LogP contribution in [0.2, 0.25) is 0 Å². The summed E-state index contributed by atoms with van der Waals surface area (Å²) >= 11 is -2.22. The standard InChI is InChI=1S/C30H43O2PS.Na/c1-21(2)27-19-25(34(31)32)20-28(22(3)4)30(27)26-17-11-12-18-29(26)33(23-13-7-5-8-14-23)24-15-9-6-10-16-24;/h11-12,17-24H,5-10,13-16H2,1-4H3,(H,31,32);/q;+1/p-1. The summed E-state index contributed by atoms with van der Waals surface area (Å²) in [6.07, 6.45) is 13.9. The van der Waals surface area contributed by atoms with E-state index < -0.39 is 11.1 Å². The maximum absolute atomic E-state index is 12.0. The summed E-state index contributed by atoms with van der Waals surface area (Å²) in [5.41, 5.74) is 6.74. The first kappa shape index (κ1) is 29.5. The Balaban J connectivity index is 0.00000342. The Kier molecular flexibility index (Phi) is 11.5. The first-order chi connectivity index (χ1) is 16.4. The predicted molar refractivity (Wildman–Crippen MR) is 148 cm³/mol. The van der Waals surface area contributed by atoms with Crippen molar-refractivity contribution in [1.82, 2.24) is 0 Å². The molecular formula is C30H42NaO2PS. The molecule has 5 heteroatoms. The van der Waals surface area contributed by atoms with Gasteiger partial charge in [0.2, 0.25) is 0 Å². The number of hydrogen-bond donors (Lipinski definition) is 0. The summed E-state index contributed by atoms with van der Waals surface area (Å²) in [6, 6.07) is 13.1. The summed E-state index contributed by atoms with van der Waals surface area (Å²) in [7, 11) is -0.242. The first-order valence-corrected chi connectivity index (χ1v) is 16.1. The van der Waals surface area contributed by atoms with Crippen LogP contribution in [-0.4, -0.2) is 20.1 Å². The van der Waals surface area contributed by atoms with Crippen molar-refractivity contribution in [3.63, 3.8) is 0 Å². The number of hydrogen-bond acceptors (Lipinski definition) is 2. The van der Waals surface area contributed by atoms with E-state index in [1.165, 1.54) is 86.5 Å². The van der Waals surface area contributed by atoms with Crippen molar-refractivity contribution in [2.75, 3.05) is 0 Å². The summed E-state index contributed by atoms with van der Waals surface area (Å²) in [6.45, 7) is 8.81. The van der Waals surface area contributed by atoms with Crippen molar-refractivity contribution in [3.05, 3.63) is 47.5 Å². The minimum absolute atomic E-state index is 0. The molecule has 35 heavy (non-hydrogen) atoms. The molecule has 2 aromatic carbocycles. The maximum atomic E-state index is 12.0. The van der Waals surface area contributed by atoms with E-state index in [2.05, 4.69) is 52.0 Å². The topological polar surface area (TPSA) is 40.1 Å². The minimum atomic E-state index is -2.22. The van der Waals surface area contributed by atoms with Gasteiger partial charge in [-0.3, -0.25) is 4.21 Å². The normalized spacial score (nSPS) is 18.7. The zero-order chi connectivity index (χ0) is 24.2. The Morgan fingerprint density at radius 2 is 1.26 bits per heavy atom. The average Bonchev–Trinajstić information content (AvgIpc) is 2.85. The summed E-state index contributed by atoms with van der Waals surface area (Å²) in [5.74, 6) is 0.527. The third-order valence-corrected chi connectivity index (χ3v) is 12.2. The smallest absolute Gasteiger partial charge is 0.768 e. The molecule has 0 radical (unpaired) electrons. The second-order valence-electron chi connectivity index (χ2n) is 11.0. The van der Waals surface area contributed by atoms with Gasteiger partial charge >= 0.3 is 29.6 Å². The molecule has 2 aliphatic rings. The van der Waals surface area contributed by atoms with Crippen LogP contribution in [0.3, 0.4) is 0 Å². The van der Waals surface area contributed by atoms with Crippen molar-refractivity contribution < 1.29 is 38.3 Å². The van der Waals surface area contributed by atoms with Crippen LogP contribution in [0.25, 0.3) is 11.1 Å². The largest absolute Gasteiger partial charge is 1.00 e. The minimum Gasteiger partial charge on any atom is -0.768 e. The molecule has 0 heterocycles. The summed E-state index contributed by atoms with van der Waals surface area (Å²) in [5, 5.41) is 1.59. The van der Waals surface area contributed by atoms with Gasteiger partial charge in [-0.2, -0.15) is 0 Å². The van der Waals surface area contributed by atoms with Crippen LogP contribution in [0.5, 0.6) is 0 Å². The molecule has 2 aliphatic carbocycles. The fourth-order valence-electron chi connectivity index (χ4n) is 6.30. The number of rotatable bonds is 7.